The Bertz CT molecular complexity index is 1460. The van der Waals surface area contributed by atoms with Crippen LogP contribution in [0.5, 0.6) is 0 Å². The first-order valence-corrected chi connectivity index (χ1v) is 14.1. The van der Waals surface area contributed by atoms with Crippen LogP contribution in [0.2, 0.25) is 0 Å². The van der Waals surface area contributed by atoms with Gasteiger partial charge in [-0.15, -0.1) is 0 Å². The molecule has 0 radical (unpaired) electrons. The average Bonchev–Trinajstić information content (AvgIpc) is 3.62. The molecule has 1 aliphatic heterocycles. The van der Waals surface area contributed by atoms with Crippen molar-refractivity contribution in [1.29, 1.82) is 0 Å². The fraction of sp³-hybridized carbons (Fsp3) is 0.333. The third-order valence-corrected chi connectivity index (χ3v) is 7.65. The number of nitrogens with zero attached hydrogens (tertiary/aromatic N) is 4. The van der Waals surface area contributed by atoms with Crippen LogP contribution in [0, 0.1) is 13.8 Å². The van der Waals surface area contributed by atoms with E-state index in [1.165, 1.54) is 11.3 Å². The number of carbonyl (C=O) groups excluding carboxylic acids is 2. The number of anilines is 1. The van der Waals surface area contributed by atoms with Crippen molar-refractivity contribution in [1.82, 2.24) is 14.4 Å². The van der Waals surface area contributed by atoms with Crippen molar-refractivity contribution in [3.63, 3.8) is 0 Å². The number of aryl methyl sites for hydroxylation is 2. The summed E-state index contributed by atoms with van der Waals surface area (Å²) in [5.41, 5.74) is 5.22. The van der Waals surface area contributed by atoms with Crippen molar-refractivity contribution in [2.45, 2.75) is 40.3 Å². The van der Waals surface area contributed by atoms with Crippen LogP contribution in [0.4, 0.5) is 5.69 Å². The highest BCUT2D eigenvalue weighted by molar-refractivity contribution is 5.95. The second-order valence-corrected chi connectivity index (χ2v) is 10.5. The van der Waals surface area contributed by atoms with E-state index in [4.69, 9.17) is 4.42 Å². The van der Waals surface area contributed by atoms with Gasteiger partial charge in [0.15, 0.2) is 5.76 Å². The van der Waals surface area contributed by atoms with Crippen LogP contribution in [0.25, 0.3) is 0 Å². The molecule has 7 heteroatoms. The topological polar surface area (TPSA) is 61.9 Å². The molecule has 3 heterocycles. The van der Waals surface area contributed by atoms with Gasteiger partial charge in [0.25, 0.3) is 11.8 Å². The summed E-state index contributed by atoms with van der Waals surface area (Å²) >= 11 is 0. The van der Waals surface area contributed by atoms with Gasteiger partial charge < -0.3 is 23.7 Å². The summed E-state index contributed by atoms with van der Waals surface area (Å²) in [6.45, 7) is 10.8. The Hall–Kier alpha value is -4.26. The quantitative estimate of drug-likeness (QED) is 0.272. The summed E-state index contributed by atoms with van der Waals surface area (Å²) in [6.07, 6.45) is 2.87. The third-order valence-electron chi connectivity index (χ3n) is 7.65. The van der Waals surface area contributed by atoms with Crippen LogP contribution in [0.15, 0.2) is 83.4 Å². The number of benzene rings is 2. The second-order valence-electron chi connectivity index (χ2n) is 10.5. The Kier molecular flexibility index (Phi) is 8.39. The molecule has 0 atom stereocenters. The standard InChI is InChI=1S/C33H38N4O3/c1-4-17-37(32(38)29-13-7-5-10-25(29)2)23-27-12-9-18-36(27)24-28-15-16-31(40-28)33(39)35-21-19-34(20-22-35)30-14-8-6-11-26(30)3/h5-16,18H,4,17,19-24H2,1-3H3. The van der Waals surface area contributed by atoms with Gasteiger partial charge >= 0.3 is 0 Å². The highest BCUT2D eigenvalue weighted by atomic mass is 16.4. The molecule has 40 heavy (non-hydrogen) atoms. The SMILES string of the molecule is CCCN(Cc1cccn1Cc1ccc(C(=O)N2CCN(c3ccccc3C)CC2)o1)C(=O)c1ccccc1C. The van der Waals surface area contributed by atoms with Crippen LogP contribution < -0.4 is 4.90 Å². The third kappa shape index (κ3) is 5.98. The van der Waals surface area contributed by atoms with Gasteiger partial charge in [0.2, 0.25) is 0 Å². The molecule has 1 aliphatic rings. The van der Waals surface area contributed by atoms with Gasteiger partial charge in [0, 0.05) is 55.9 Å². The smallest absolute Gasteiger partial charge is 0.289 e. The largest absolute Gasteiger partial charge is 0.454 e. The van der Waals surface area contributed by atoms with Gasteiger partial charge in [0.1, 0.15) is 5.76 Å². The summed E-state index contributed by atoms with van der Waals surface area (Å²) in [7, 11) is 0. The normalized spacial score (nSPS) is 13.5. The maximum Gasteiger partial charge on any atom is 0.289 e. The summed E-state index contributed by atoms with van der Waals surface area (Å²) in [6, 6.07) is 23.8. The molecular formula is C33H38N4O3. The molecule has 4 aromatic rings. The molecule has 0 bridgehead atoms. The van der Waals surface area contributed by atoms with Crippen LogP contribution in [0.3, 0.4) is 0 Å². The summed E-state index contributed by atoms with van der Waals surface area (Å²) in [5.74, 6) is 1.06. The maximum atomic E-state index is 13.4. The van der Waals surface area contributed by atoms with Crippen molar-refractivity contribution in [2.24, 2.45) is 0 Å². The number of rotatable bonds is 9. The second kappa shape index (κ2) is 12.3. The minimum absolute atomic E-state index is 0.0427. The van der Waals surface area contributed by atoms with E-state index in [2.05, 4.69) is 47.6 Å². The molecule has 2 aromatic heterocycles. The van der Waals surface area contributed by atoms with Crippen molar-refractivity contribution >= 4 is 17.5 Å². The van der Waals surface area contributed by atoms with Crippen molar-refractivity contribution in [3.05, 3.63) is 113 Å². The minimum Gasteiger partial charge on any atom is -0.454 e. The molecule has 208 valence electrons. The Morgan fingerprint density at radius 3 is 2.30 bits per heavy atom. The Balaban J connectivity index is 1.22. The first kappa shape index (κ1) is 27.3. The predicted octanol–water partition coefficient (Wildman–Crippen LogP) is 5.76. The van der Waals surface area contributed by atoms with Crippen molar-refractivity contribution in [3.8, 4) is 0 Å². The molecule has 7 nitrogen and oxygen atoms in total. The van der Waals surface area contributed by atoms with E-state index in [1.54, 1.807) is 6.07 Å². The van der Waals surface area contributed by atoms with Crippen LogP contribution >= 0.6 is 0 Å². The lowest BCUT2D eigenvalue weighted by molar-refractivity contribution is 0.0709. The van der Waals surface area contributed by atoms with E-state index >= 15 is 0 Å². The number of para-hydroxylation sites is 1. The number of carbonyl (C=O) groups is 2. The van der Waals surface area contributed by atoms with Gasteiger partial charge in [0.05, 0.1) is 13.1 Å². The monoisotopic (exact) mass is 538 g/mol. The maximum absolute atomic E-state index is 13.4. The minimum atomic E-state index is -0.0682. The Morgan fingerprint density at radius 2 is 1.57 bits per heavy atom. The van der Waals surface area contributed by atoms with Gasteiger partial charge in [-0.25, -0.2) is 0 Å². The average molecular weight is 539 g/mol. The highest BCUT2D eigenvalue weighted by Gasteiger charge is 2.25. The molecule has 1 fully saturated rings. The van der Waals surface area contributed by atoms with E-state index in [1.807, 2.05) is 65.4 Å². The lowest BCUT2D eigenvalue weighted by Crippen LogP contribution is -2.48. The first-order chi connectivity index (χ1) is 19.4. The molecule has 2 aromatic carbocycles. The molecule has 0 spiro atoms. The van der Waals surface area contributed by atoms with E-state index in [0.717, 1.165) is 36.3 Å². The highest BCUT2D eigenvalue weighted by Crippen LogP contribution is 2.22. The lowest BCUT2D eigenvalue weighted by atomic mass is 10.1. The fourth-order valence-corrected chi connectivity index (χ4v) is 5.42. The summed E-state index contributed by atoms with van der Waals surface area (Å²) in [4.78, 5) is 32.7. The van der Waals surface area contributed by atoms with Gasteiger partial charge in [-0.1, -0.05) is 43.3 Å². The van der Waals surface area contributed by atoms with Crippen molar-refractivity contribution in [2.75, 3.05) is 37.6 Å². The molecule has 0 unspecified atom stereocenters. The molecule has 5 rings (SSSR count). The number of aromatic nitrogens is 1. The molecule has 1 saturated heterocycles. The zero-order valence-electron chi connectivity index (χ0n) is 23.7. The number of furan rings is 1. The van der Waals surface area contributed by atoms with E-state index < -0.39 is 0 Å². The van der Waals surface area contributed by atoms with Crippen LogP contribution in [-0.4, -0.2) is 58.9 Å². The zero-order valence-corrected chi connectivity index (χ0v) is 23.7. The van der Waals surface area contributed by atoms with E-state index in [0.29, 0.717) is 44.2 Å². The number of piperazine rings is 1. The molecular weight excluding hydrogens is 500 g/mol. The predicted molar refractivity (Wildman–Crippen MR) is 158 cm³/mol. The fourth-order valence-electron chi connectivity index (χ4n) is 5.42. The summed E-state index contributed by atoms with van der Waals surface area (Å²) < 4.78 is 8.12. The zero-order chi connectivity index (χ0) is 28.1. The van der Waals surface area contributed by atoms with Crippen molar-refractivity contribution < 1.29 is 14.0 Å². The van der Waals surface area contributed by atoms with Crippen LogP contribution in [0.1, 0.15) is 56.8 Å². The number of amides is 2. The van der Waals surface area contributed by atoms with E-state index in [9.17, 15) is 9.59 Å². The summed E-state index contributed by atoms with van der Waals surface area (Å²) in [5, 5.41) is 0. The van der Waals surface area contributed by atoms with Crippen LogP contribution in [-0.2, 0) is 13.1 Å². The van der Waals surface area contributed by atoms with Gasteiger partial charge in [-0.2, -0.15) is 0 Å². The molecule has 0 aliphatic carbocycles. The molecule has 2 amide bonds. The molecule has 0 saturated carbocycles. The molecule has 0 N–H and O–H groups in total. The Labute approximate surface area is 236 Å². The number of hydrogen-bond acceptors (Lipinski definition) is 4. The van der Waals surface area contributed by atoms with Gasteiger partial charge in [-0.05, 0) is 67.8 Å². The van der Waals surface area contributed by atoms with Gasteiger partial charge in [-0.3, -0.25) is 9.59 Å². The number of hydrogen-bond donors (Lipinski definition) is 0. The Morgan fingerprint density at radius 1 is 0.850 bits per heavy atom. The lowest BCUT2D eigenvalue weighted by Gasteiger charge is -2.36. The van der Waals surface area contributed by atoms with E-state index in [-0.39, 0.29) is 11.8 Å². The first-order valence-electron chi connectivity index (χ1n) is 14.1.